The molecule has 4 heteroatoms. The molecule has 1 unspecified atom stereocenters. The van der Waals surface area contributed by atoms with E-state index >= 15 is 0 Å². The molecule has 1 heterocycles. The number of fused-ring (bicyclic) bond motifs is 1. The molecule has 1 aliphatic heterocycles. The summed E-state index contributed by atoms with van der Waals surface area (Å²) in [6.07, 6.45) is 0.973. The monoisotopic (exact) mass is 221 g/mol. The molecule has 1 aromatic carbocycles. The third-order valence-corrected chi connectivity index (χ3v) is 2.75. The minimum Gasteiger partial charge on any atom is -0.496 e. The Labute approximate surface area is 94.7 Å². The second-order valence-electron chi connectivity index (χ2n) is 3.62. The van der Waals surface area contributed by atoms with Crippen molar-refractivity contribution in [3.63, 3.8) is 0 Å². The van der Waals surface area contributed by atoms with Gasteiger partial charge in [-0.15, -0.1) is 0 Å². The van der Waals surface area contributed by atoms with Gasteiger partial charge < -0.3 is 19.5 Å². The summed E-state index contributed by atoms with van der Waals surface area (Å²) >= 11 is 0. The van der Waals surface area contributed by atoms with Gasteiger partial charge in [0.1, 0.15) is 17.7 Å². The van der Waals surface area contributed by atoms with Crippen molar-refractivity contribution >= 4 is 11.4 Å². The van der Waals surface area contributed by atoms with Crippen LogP contribution in [0.25, 0.3) is 5.76 Å². The molecule has 0 amide bonds. The van der Waals surface area contributed by atoms with Crippen LogP contribution in [0, 0.1) is 0 Å². The van der Waals surface area contributed by atoms with E-state index < -0.39 is 6.23 Å². The molecule has 0 radical (unpaired) electrons. The molecule has 0 spiro atoms. The van der Waals surface area contributed by atoms with E-state index in [2.05, 4.69) is 0 Å². The standard InChI is InChI=1S/C12H15NO3/c1-13-11(14)7-10(16-3)8-5-4-6-9(15-2)12(8)13/h4-7,11,14H,1-3H3. The van der Waals surface area contributed by atoms with Crippen LogP contribution < -0.4 is 9.64 Å². The molecule has 0 saturated carbocycles. The zero-order valence-electron chi connectivity index (χ0n) is 9.60. The van der Waals surface area contributed by atoms with Crippen LogP contribution in [0.2, 0.25) is 0 Å². The maximum Gasteiger partial charge on any atom is 0.149 e. The summed E-state index contributed by atoms with van der Waals surface area (Å²) in [6, 6.07) is 5.70. The Morgan fingerprint density at radius 1 is 1.25 bits per heavy atom. The molecule has 0 saturated heterocycles. The number of aliphatic hydroxyl groups is 1. The van der Waals surface area contributed by atoms with Gasteiger partial charge in [-0.05, 0) is 12.1 Å². The van der Waals surface area contributed by atoms with E-state index in [1.54, 1.807) is 25.2 Å². The van der Waals surface area contributed by atoms with Gasteiger partial charge in [-0.3, -0.25) is 0 Å². The number of anilines is 1. The minimum absolute atomic E-state index is 0.666. The molecule has 0 bridgehead atoms. The van der Waals surface area contributed by atoms with Gasteiger partial charge in [0.15, 0.2) is 0 Å². The van der Waals surface area contributed by atoms with Crippen molar-refractivity contribution in [3.05, 3.63) is 29.8 Å². The van der Waals surface area contributed by atoms with E-state index in [9.17, 15) is 5.11 Å². The quantitative estimate of drug-likeness (QED) is 0.820. The Bertz CT molecular complexity index is 428. The average Bonchev–Trinajstić information content (AvgIpc) is 2.32. The van der Waals surface area contributed by atoms with Crippen molar-refractivity contribution in [2.24, 2.45) is 0 Å². The van der Waals surface area contributed by atoms with E-state index in [1.165, 1.54) is 0 Å². The highest BCUT2D eigenvalue weighted by Crippen LogP contribution is 2.39. The van der Waals surface area contributed by atoms with Crippen molar-refractivity contribution in [3.8, 4) is 5.75 Å². The molecule has 2 rings (SSSR count). The van der Waals surface area contributed by atoms with E-state index in [1.807, 2.05) is 25.2 Å². The number of aliphatic hydroxyl groups excluding tert-OH is 1. The fourth-order valence-corrected chi connectivity index (χ4v) is 1.90. The first-order valence-corrected chi connectivity index (χ1v) is 5.03. The first-order chi connectivity index (χ1) is 7.69. The Hall–Kier alpha value is -1.68. The fraction of sp³-hybridized carbons (Fsp3) is 0.333. The largest absolute Gasteiger partial charge is 0.496 e. The van der Waals surface area contributed by atoms with E-state index in [4.69, 9.17) is 9.47 Å². The van der Waals surface area contributed by atoms with Crippen LogP contribution in [-0.2, 0) is 4.74 Å². The fourth-order valence-electron chi connectivity index (χ4n) is 1.90. The Balaban J connectivity index is 2.62. The number of ether oxygens (including phenoxy) is 2. The predicted octanol–water partition coefficient (Wildman–Crippen LogP) is 1.45. The number of methoxy groups -OCH3 is 2. The molecule has 0 fully saturated rings. The van der Waals surface area contributed by atoms with Crippen molar-refractivity contribution in [2.75, 3.05) is 26.2 Å². The van der Waals surface area contributed by atoms with Gasteiger partial charge in [-0.2, -0.15) is 0 Å². The highest BCUT2D eigenvalue weighted by atomic mass is 16.5. The van der Waals surface area contributed by atoms with Crippen LogP contribution in [0.1, 0.15) is 5.56 Å². The summed E-state index contributed by atoms with van der Waals surface area (Å²) in [5.41, 5.74) is 1.77. The number of rotatable bonds is 2. The molecule has 1 N–H and O–H groups in total. The normalized spacial score (nSPS) is 18.9. The van der Waals surface area contributed by atoms with Gasteiger partial charge in [0, 0.05) is 18.7 Å². The lowest BCUT2D eigenvalue weighted by Gasteiger charge is -2.32. The molecular weight excluding hydrogens is 206 g/mol. The van der Waals surface area contributed by atoms with E-state index in [0.29, 0.717) is 5.76 Å². The number of hydrogen-bond acceptors (Lipinski definition) is 4. The number of benzene rings is 1. The third-order valence-electron chi connectivity index (χ3n) is 2.75. The highest BCUT2D eigenvalue weighted by Gasteiger charge is 2.25. The number of nitrogens with zero attached hydrogens (tertiary/aromatic N) is 1. The van der Waals surface area contributed by atoms with Crippen LogP contribution in [0.3, 0.4) is 0 Å². The summed E-state index contributed by atoms with van der Waals surface area (Å²) < 4.78 is 10.5. The SMILES string of the molecule is COC1=CC(O)N(C)c2c(OC)cccc21. The second kappa shape index (κ2) is 4.06. The Kier molecular flexibility index (Phi) is 2.75. The van der Waals surface area contributed by atoms with Crippen molar-refractivity contribution in [2.45, 2.75) is 6.23 Å². The summed E-state index contributed by atoms with van der Waals surface area (Å²) in [5.74, 6) is 1.39. The molecule has 1 aliphatic rings. The average molecular weight is 221 g/mol. The molecular formula is C12H15NO3. The topological polar surface area (TPSA) is 41.9 Å². The molecule has 4 nitrogen and oxygen atoms in total. The van der Waals surface area contributed by atoms with Crippen molar-refractivity contribution in [1.29, 1.82) is 0 Å². The van der Waals surface area contributed by atoms with Gasteiger partial charge >= 0.3 is 0 Å². The second-order valence-corrected chi connectivity index (χ2v) is 3.62. The van der Waals surface area contributed by atoms with Gasteiger partial charge in [-0.25, -0.2) is 0 Å². The molecule has 86 valence electrons. The first-order valence-electron chi connectivity index (χ1n) is 5.03. The number of para-hydroxylation sites is 1. The molecule has 1 atom stereocenters. The van der Waals surface area contributed by atoms with Crippen LogP contribution >= 0.6 is 0 Å². The zero-order chi connectivity index (χ0) is 11.7. The molecule has 0 aliphatic carbocycles. The van der Waals surface area contributed by atoms with Gasteiger partial charge in [0.25, 0.3) is 0 Å². The van der Waals surface area contributed by atoms with Gasteiger partial charge in [-0.1, -0.05) is 6.07 Å². The van der Waals surface area contributed by atoms with Crippen LogP contribution in [0.5, 0.6) is 5.75 Å². The van der Waals surface area contributed by atoms with Gasteiger partial charge in [0.2, 0.25) is 0 Å². The van der Waals surface area contributed by atoms with Crippen LogP contribution in [0.4, 0.5) is 5.69 Å². The number of likely N-dealkylation sites (N-methyl/N-ethyl adjacent to an activating group) is 1. The summed E-state index contributed by atoms with van der Waals surface area (Å²) in [5, 5.41) is 9.86. The maximum atomic E-state index is 9.86. The Morgan fingerprint density at radius 2 is 2.00 bits per heavy atom. The lowest BCUT2D eigenvalue weighted by atomic mass is 10.0. The minimum atomic E-state index is -0.696. The third kappa shape index (κ3) is 1.51. The van der Waals surface area contributed by atoms with Gasteiger partial charge in [0.05, 0.1) is 19.9 Å². The first kappa shape index (κ1) is 10.8. The molecule has 16 heavy (non-hydrogen) atoms. The number of hydrogen-bond donors (Lipinski definition) is 1. The van der Waals surface area contributed by atoms with E-state index in [-0.39, 0.29) is 0 Å². The lowest BCUT2D eigenvalue weighted by Crippen LogP contribution is -2.33. The molecule has 1 aromatic rings. The van der Waals surface area contributed by atoms with Crippen molar-refractivity contribution < 1.29 is 14.6 Å². The summed E-state index contributed by atoms with van der Waals surface area (Å²) in [6.45, 7) is 0. The predicted molar refractivity (Wildman–Crippen MR) is 62.4 cm³/mol. The van der Waals surface area contributed by atoms with E-state index in [0.717, 1.165) is 17.0 Å². The Morgan fingerprint density at radius 3 is 2.62 bits per heavy atom. The van der Waals surface area contributed by atoms with Crippen LogP contribution in [0.15, 0.2) is 24.3 Å². The van der Waals surface area contributed by atoms with Crippen LogP contribution in [-0.4, -0.2) is 32.6 Å². The summed E-state index contributed by atoms with van der Waals surface area (Å²) in [4.78, 5) is 1.75. The smallest absolute Gasteiger partial charge is 0.149 e. The highest BCUT2D eigenvalue weighted by molar-refractivity contribution is 5.81. The molecule has 0 aromatic heterocycles. The lowest BCUT2D eigenvalue weighted by molar-refractivity contribution is 0.215. The maximum absolute atomic E-state index is 9.86. The van der Waals surface area contributed by atoms with Crippen molar-refractivity contribution in [1.82, 2.24) is 0 Å². The zero-order valence-corrected chi connectivity index (χ0v) is 9.60. The summed E-state index contributed by atoms with van der Waals surface area (Å²) in [7, 11) is 5.02.